The molecule has 3 aromatic carbocycles. The molecule has 1 amide bonds. The molecule has 0 aliphatic carbocycles. The smallest absolute Gasteiger partial charge is 0.407 e. The highest BCUT2D eigenvalue weighted by molar-refractivity contribution is 5.75. The van der Waals surface area contributed by atoms with E-state index in [0.29, 0.717) is 19.4 Å². The van der Waals surface area contributed by atoms with Crippen molar-refractivity contribution in [2.24, 2.45) is 0 Å². The van der Waals surface area contributed by atoms with E-state index in [4.69, 9.17) is 0 Å². The number of imidazole rings is 1. The van der Waals surface area contributed by atoms with Crippen molar-refractivity contribution in [2.45, 2.75) is 50.9 Å². The van der Waals surface area contributed by atoms with Gasteiger partial charge in [0.15, 0.2) is 0 Å². The Bertz CT molecular complexity index is 1320. The highest BCUT2D eigenvalue weighted by Crippen LogP contribution is 2.31. The molecule has 0 spiro atoms. The largest absolute Gasteiger partial charge is 0.465 e. The van der Waals surface area contributed by atoms with Crippen LogP contribution < -0.4 is 5.69 Å². The van der Waals surface area contributed by atoms with Crippen molar-refractivity contribution < 1.29 is 9.90 Å². The molecule has 37 heavy (non-hydrogen) atoms. The van der Waals surface area contributed by atoms with E-state index in [1.807, 2.05) is 41.0 Å². The predicted octanol–water partition coefficient (Wildman–Crippen LogP) is 5.50. The van der Waals surface area contributed by atoms with E-state index in [-0.39, 0.29) is 17.8 Å². The topological polar surface area (TPSA) is 81.6 Å². The second kappa shape index (κ2) is 11.5. The number of benzene rings is 3. The molecule has 1 saturated heterocycles. The van der Waals surface area contributed by atoms with Crippen molar-refractivity contribution in [3.8, 4) is 0 Å². The Balaban J connectivity index is 1.28. The molecule has 0 bridgehead atoms. The molecule has 192 valence electrons. The van der Waals surface area contributed by atoms with Crippen molar-refractivity contribution in [3.63, 3.8) is 0 Å². The third-order valence-corrected chi connectivity index (χ3v) is 7.43. The average molecular weight is 499 g/mol. The molecule has 0 saturated carbocycles. The number of aromatic nitrogens is 2. The second-order valence-corrected chi connectivity index (χ2v) is 9.95. The Labute approximate surface area is 217 Å². The zero-order valence-corrected chi connectivity index (χ0v) is 21.0. The molecule has 5 rings (SSSR count). The van der Waals surface area contributed by atoms with Crippen LogP contribution in [0, 0.1) is 0 Å². The number of rotatable bonds is 9. The summed E-state index contributed by atoms with van der Waals surface area (Å²) < 4.78 is 1.83. The Morgan fingerprint density at radius 2 is 1.54 bits per heavy atom. The van der Waals surface area contributed by atoms with Gasteiger partial charge >= 0.3 is 11.8 Å². The summed E-state index contributed by atoms with van der Waals surface area (Å²) in [6, 6.07) is 28.5. The fraction of sp³-hybridized carbons (Fsp3) is 0.333. The Morgan fingerprint density at radius 1 is 0.919 bits per heavy atom. The number of fused-ring (bicyclic) bond motifs is 1. The minimum Gasteiger partial charge on any atom is -0.465 e. The van der Waals surface area contributed by atoms with Gasteiger partial charge in [-0.15, -0.1) is 0 Å². The summed E-state index contributed by atoms with van der Waals surface area (Å²) in [4.78, 5) is 31.8. The molecule has 7 nitrogen and oxygen atoms in total. The van der Waals surface area contributed by atoms with Gasteiger partial charge in [-0.3, -0.25) is 9.47 Å². The van der Waals surface area contributed by atoms with E-state index in [0.717, 1.165) is 43.5 Å². The van der Waals surface area contributed by atoms with E-state index >= 15 is 0 Å². The van der Waals surface area contributed by atoms with E-state index in [1.165, 1.54) is 11.1 Å². The van der Waals surface area contributed by atoms with Crippen LogP contribution in [0.2, 0.25) is 0 Å². The average Bonchev–Trinajstić information content (AvgIpc) is 3.25. The van der Waals surface area contributed by atoms with Gasteiger partial charge in [0.05, 0.1) is 11.0 Å². The Morgan fingerprint density at radius 3 is 2.19 bits per heavy atom. The Hall–Kier alpha value is -3.84. The summed E-state index contributed by atoms with van der Waals surface area (Å²) in [7, 11) is 0. The summed E-state index contributed by atoms with van der Waals surface area (Å²) in [6.45, 7) is 2.99. The van der Waals surface area contributed by atoms with E-state index in [1.54, 1.807) is 4.90 Å². The van der Waals surface area contributed by atoms with Gasteiger partial charge in [-0.05, 0) is 55.5 Å². The number of hydrogen-bond acceptors (Lipinski definition) is 3. The van der Waals surface area contributed by atoms with Crippen molar-refractivity contribution in [1.82, 2.24) is 19.4 Å². The van der Waals surface area contributed by atoms with Gasteiger partial charge in [0.2, 0.25) is 0 Å². The fourth-order valence-corrected chi connectivity index (χ4v) is 5.67. The standard InChI is InChI=1S/C30H34N4O3/c35-29-31-27-15-7-8-16-28(27)34(29)26-17-19-33(30(36)37)25(20-26)14-9-18-32(21-23-10-3-1-4-11-23)22-24-12-5-2-6-13-24/h1-8,10-13,15-16,25-26H,9,14,17-22H2,(H,31,35)(H,36,37)/t25-,26-/m0/s1. The number of para-hydroxylation sites is 2. The lowest BCUT2D eigenvalue weighted by Gasteiger charge is -2.38. The maximum absolute atomic E-state index is 12.8. The first kappa shape index (κ1) is 24.8. The van der Waals surface area contributed by atoms with Crippen molar-refractivity contribution in [1.29, 1.82) is 0 Å². The summed E-state index contributed by atoms with van der Waals surface area (Å²) in [5, 5.41) is 9.89. The lowest BCUT2D eigenvalue weighted by atomic mass is 9.93. The number of amides is 1. The minimum atomic E-state index is -0.875. The number of hydrogen-bond donors (Lipinski definition) is 2. The fourth-order valence-electron chi connectivity index (χ4n) is 5.67. The summed E-state index contributed by atoms with van der Waals surface area (Å²) in [5.41, 5.74) is 4.12. The van der Waals surface area contributed by atoms with Gasteiger partial charge in [0.1, 0.15) is 0 Å². The third-order valence-electron chi connectivity index (χ3n) is 7.43. The van der Waals surface area contributed by atoms with Crippen LogP contribution in [0.25, 0.3) is 11.0 Å². The summed E-state index contributed by atoms with van der Waals surface area (Å²) in [6.07, 6.45) is 2.05. The van der Waals surface area contributed by atoms with Crippen molar-refractivity contribution >= 4 is 17.1 Å². The molecule has 2 heterocycles. The van der Waals surface area contributed by atoms with Gasteiger partial charge in [0, 0.05) is 31.7 Å². The zero-order chi connectivity index (χ0) is 25.6. The van der Waals surface area contributed by atoms with Gasteiger partial charge in [-0.1, -0.05) is 72.8 Å². The molecule has 1 aliphatic heterocycles. The number of carbonyl (C=O) groups is 1. The van der Waals surface area contributed by atoms with Crippen LogP contribution in [0.5, 0.6) is 0 Å². The first-order chi connectivity index (χ1) is 18.1. The van der Waals surface area contributed by atoms with Crippen LogP contribution in [0.3, 0.4) is 0 Å². The van der Waals surface area contributed by atoms with Gasteiger partial charge in [-0.25, -0.2) is 9.59 Å². The predicted molar refractivity (Wildman–Crippen MR) is 146 cm³/mol. The van der Waals surface area contributed by atoms with Crippen LogP contribution in [-0.4, -0.2) is 49.7 Å². The number of nitrogens with one attached hydrogen (secondary N) is 1. The molecule has 7 heteroatoms. The SMILES string of the molecule is O=C(O)N1CC[C@H](n2c(=O)[nH]c3ccccc32)C[C@@H]1CCCN(Cc1ccccc1)Cc1ccccc1. The van der Waals surface area contributed by atoms with Gasteiger partial charge in [-0.2, -0.15) is 0 Å². The van der Waals surface area contributed by atoms with Crippen molar-refractivity contribution in [2.75, 3.05) is 13.1 Å². The van der Waals surface area contributed by atoms with Crippen LogP contribution >= 0.6 is 0 Å². The van der Waals surface area contributed by atoms with Crippen LogP contribution in [0.4, 0.5) is 4.79 Å². The molecule has 1 aromatic heterocycles. The molecule has 4 aromatic rings. The quantitative estimate of drug-likeness (QED) is 0.319. The number of aromatic amines is 1. The number of piperidine rings is 1. The molecule has 1 aliphatic rings. The lowest BCUT2D eigenvalue weighted by molar-refractivity contribution is 0.0853. The number of H-pyrrole nitrogens is 1. The van der Waals surface area contributed by atoms with E-state index in [2.05, 4.69) is 58.4 Å². The van der Waals surface area contributed by atoms with E-state index < -0.39 is 6.09 Å². The maximum atomic E-state index is 12.8. The highest BCUT2D eigenvalue weighted by Gasteiger charge is 2.33. The molecule has 0 radical (unpaired) electrons. The monoisotopic (exact) mass is 498 g/mol. The summed E-state index contributed by atoms with van der Waals surface area (Å²) >= 11 is 0. The molecule has 2 atom stereocenters. The molecular weight excluding hydrogens is 464 g/mol. The van der Waals surface area contributed by atoms with Gasteiger partial charge < -0.3 is 15.0 Å². The third kappa shape index (κ3) is 5.94. The molecular formula is C30H34N4O3. The second-order valence-electron chi connectivity index (χ2n) is 9.95. The zero-order valence-electron chi connectivity index (χ0n) is 21.0. The normalized spacial score (nSPS) is 17.9. The number of nitrogens with zero attached hydrogens (tertiary/aromatic N) is 3. The van der Waals surface area contributed by atoms with Crippen LogP contribution in [0.1, 0.15) is 42.9 Å². The number of carboxylic acid groups (broad SMARTS) is 1. The molecule has 0 unspecified atom stereocenters. The summed E-state index contributed by atoms with van der Waals surface area (Å²) in [5.74, 6) is 0. The van der Waals surface area contributed by atoms with Crippen LogP contribution in [0.15, 0.2) is 89.7 Å². The maximum Gasteiger partial charge on any atom is 0.407 e. The first-order valence-corrected chi connectivity index (χ1v) is 13.1. The van der Waals surface area contributed by atoms with Gasteiger partial charge in [0.25, 0.3) is 0 Å². The Kier molecular flexibility index (Phi) is 7.70. The lowest BCUT2D eigenvalue weighted by Crippen LogP contribution is -2.47. The first-order valence-electron chi connectivity index (χ1n) is 13.1. The highest BCUT2D eigenvalue weighted by atomic mass is 16.4. The minimum absolute atomic E-state index is 0.0195. The van der Waals surface area contributed by atoms with E-state index in [9.17, 15) is 14.7 Å². The van der Waals surface area contributed by atoms with Crippen LogP contribution in [-0.2, 0) is 13.1 Å². The number of likely N-dealkylation sites (tertiary alicyclic amines) is 1. The molecule has 1 fully saturated rings. The van der Waals surface area contributed by atoms with Crippen molar-refractivity contribution in [3.05, 3.63) is 107 Å². The molecule has 2 N–H and O–H groups in total.